The van der Waals surface area contributed by atoms with Crippen LogP contribution in [0.5, 0.6) is 11.5 Å². The van der Waals surface area contributed by atoms with E-state index in [4.69, 9.17) is 9.05 Å². The van der Waals surface area contributed by atoms with Crippen molar-refractivity contribution in [3.05, 3.63) is 108 Å². The zero-order valence-corrected chi connectivity index (χ0v) is 21.7. The minimum Gasteiger partial charge on any atom is -0.435 e. The molecule has 1 aliphatic rings. The van der Waals surface area contributed by atoms with Gasteiger partial charge in [0.05, 0.1) is 5.30 Å². The third-order valence-corrected chi connectivity index (χ3v) is 7.95. The Labute approximate surface area is 210 Å². The van der Waals surface area contributed by atoms with Crippen LogP contribution in [0.4, 0.5) is 5.69 Å². The molecular formula is C31H32NO2P. The van der Waals surface area contributed by atoms with E-state index in [1.165, 1.54) is 22.4 Å². The Morgan fingerprint density at radius 2 is 1.34 bits per heavy atom. The number of para-hydroxylation sites is 3. The largest absolute Gasteiger partial charge is 0.435 e. The van der Waals surface area contributed by atoms with Crippen molar-refractivity contribution in [1.82, 2.24) is 0 Å². The molecule has 1 heterocycles. The highest BCUT2D eigenvalue weighted by Crippen LogP contribution is 2.49. The Kier molecular flexibility index (Phi) is 6.79. The Morgan fingerprint density at radius 1 is 0.714 bits per heavy atom. The standard InChI is InChI=1S/C31H32NO2P/c1-21(2)24-15-11-16-25(22(3)4)31(24)32-20-23-12-5-8-17-28(23)33-35-30-19-10-7-14-27(30)26-13-6-9-18-29(26)34-35/h5-19,21-22,32H,20H2,1-4H3. The molecule has 3 nitrogen and oxygen atoms in total. The molecule has 0 radical (unpaired) electrons. The van der Waals surface area contributed by atoms with E-state index >= 15 is 0 Å². The molecule has 0 saturated carbocycles. The van der Waals surface area contributed by atoms with Gasteiger partial charge in [-0.25, -0.2) is 0 Å². The highest BCUT2D eigenvalue weighted by molar-refractivity contribution is 7.57. The van der Waals surface area contributed by atoms with E-state index in [-0.39, 0.29) is 0 Å². The molecule has 1 unspecified atom stereocenters. The fraction of sp³-hybridized carbons (Fsp3) is 0.226. The number of benzene rings is 4. The molecule has 4 aromatic rings. The van der Waals surface area contributed by atoms with Gasteiger partial charge in [-0.3, -0.25) is 0 Å². The molecule has 0 spiro atoms. The molecule has 0 aromatic heterocycles. The second-order valence-electron chi connectivity index (χ2n) is 9.54. The normalized spacial score (nSPS) is 14.3. The summed E-state index contributed by atoms with van der Waals surface area (Å²) < 4.78 is 13.0. The fourth-order valence-corrected chi connectivity index (χ4v) is 6.13. The quantitative estimate of drug-likeness (QED) is 0.268. The fourth-order valence-electron chi connectivity index (χ4n) is 4.60. The molecule has 5 rings (SSSR count). The van der Waals surface area contributed by atoms with Crippen molar-refractivity contribution in [1.29, 1.82) is 0 Å². The number of anilines is 1. The summed E-state index contributed by atoms with van der Waals surface area (Å²) in [5, 5.41) is 4.87. The molecule has 4 aromatic carbocycles. The van der Waals surface area contributed by atoms with Gasteiger partial charge >= 0.3 is 8.38 Å². The summed E-state index contributed by atoms with van der Waals surface area (Å²) in [5.74, 6) is 2.62. The molecule has 0 saturated heterocycles. The lowest BCUT2D eigenvalue weighted by Crippen LogP contribution is -2.17. The Hall–Kier alpha value is -3.29. The average molecular weight is 482 g/mol. The van der Waals surface area contributed by atoms with E-state index in [2.05, 4.69) is 99.7 Å². The maximum Gasteiger partial charge on any atom is 0.326 e. The second kappa shape index (κ2) is 10.1. The number of hydrogen-bond donors (Lipinski definition) is 1. The lowest BCUT2D eigenvalue weighted by Gasteiger charge is -2.28. The molecule has 4 heteroatoms. The zero-order chi connectivity index (χ0) is 24.4. The van der Waals surface area contributed by atoms with Crippen LogP contribution in [-0.4, -0.2) is 0 Å². The predicted octanol–water partition coefficient (Wildman–Crippen LogP) is 8.62. The van der Waals surface area contributed by atoms with Gasteiger partial charge in [0.1, 0.15) is 11.5 Å². The molecule has 0 fully saturated rings. The average Bonchev–Trinajstić information content (AvgIpc) is 2.88. The van der Waals surface area contributed by atoms with Crippen LogP contribution in [0.15, 0.2) is 91.0 Å². The van der Waals surface area contributed by atoms with Crippen LogP contribution in [0.1, 0.15) is 56.2 Å². The summed E-state index contributed by atoms with van der Waals surface area (Å²) in [6.07, 6.45) is 0. The molecule has 0 bridgehead atoms. The topological polar surface area (TPSA) is 30.5 Å². The molecule has 1 aliphatic heterocycles. The third kappa shape index (κ3) is 4.79. The van der Waals surface area contributed by atoms with E-state index < -0.39 is 8.38 Å². The monoisotopic (exact) mass is 481 g/mol. The summed E-state index contributed by atoms with van der Waals surface area (Å²) in [6, 6.07) is 31.5. The summed E-state index contributed by atoms with van der Waals surface area (Å²) in [5.41, 5.74) is 7.35. The molecule has 1 N–H and O–H groups in total. The van der Waals surface area contributed by atoms with Crippen LogP contribution >= 0.6 is 8.38 Å². The van der Waals surface area contributed by atoms with Gasteiger partial charge in [-0.15, -0.1) is 0 Å². The van der Waals surface area contributed by atoms with Gasteiger partial charge in [0.2, 0.25) is 0 Å². The Bertz CT molecular complexity index is 1300. The van der Waals surface area contributed by atoms with Crippen molar-refractivity contribution >= 4 is 19.4 Å². The minimum absolute atomic E-state index is 0.443. The summed E-state index contributed by atoms with van der Waals surface area (Å²) >= 11 is 0. The maximum absolute atomic E-state index is 6.62. The number of rotatable bonds is 7. The minimum atomic E-state index is -1.29. The van der Waals surface area contributed by atoms with E-state index in [1.807, 2.05) is 24.3 Å². The predicted molar refractivity (Wildman–Crippen MR) is 148 cm³/mol. The Morgan fingerprint density at radius 3 is 2.09 bits per heavy atom. The lowest BCUT2D eigenvalue weighted by atomic mass is 9.92. The molecule has 0 amide bonds. The van der Waals surface area contributed by atoms with E-state index in [0.717, 1.165) is 27.9 Å². The first-order valence-corrected chi connectivity index (χ1v) is 13.5. The molecule has 1 atom stereocenters. The van der Waals surface area contributed by atoms with Crippen molar-refractivity contribution in [2.75, 3.05) is 5.32 Å². The first-order chi connectivity index (χ1) is 17.0. The molecular weight excluding hydrogens is 449 g/mol. The van der Waals surface area contributed by atoms with Crippen LogP contribution in [0, 0.1) is 0 Å². The van der Waals surface area contributed by atoms with E-state index in [0.29, 0.717) is 18.4 Å². The van der Waals surface area contributed by atoms with Crippen molar-refractivity contribution in [2.24, 2.45) is 0 Å². The molecule has 35 heavy (non-hydrogen) atoms. The van der Waals surface area contributed by atoms with Crippen LogP contribution in [0.2, 0.25) is 0 Å². The first-order valence-electron chi connectivity index (χ1n) is 12.3. The number of hydrogen-bond acceptors (Lipinski definition) is 3. The van der Waals surface area contributed by atoms with Gasteiger partial charge in [-0.2, -0.15) is 0 Å². The molecule has 0 aliphatic carbocycles. The maximum atomic E-state index is 6.62. The highest BCUT2D eigenvalue weighted by atomic mass is 31.2. The Balaban J connectivity index is 1.43. The number of fused-ring (bicyclic) bond motifs is 3. The van der Waals surface area contributed by atoms with Crippen molar-refractivity contribution in [2.45, 2.75) is 46.1 Å². The van der Waals surface area contributed by atoms with Gasteiger partial charge in [0.25, 0.3) is 0 Å². The highest BCUT2D eigenvalue weighted by Gasteiger charge is 2.29. The van der Waals surface area contributed by atoms with Crippen LogP contribution in [0.25, 0.3) is 11.1 Å². The summed E-state index contributed by atoms with van der Waals surface area (Å²) in [4.78, 5) is 0. The van der Waals surface area contributed by atoms with Gasteiger partial charge < -0.3 is 14.4 Å². The van der Waals surface area contributed by atoms with Crippen LogP contribution in [-0.2, 0) is 6.54 Å². The van der Waals surface area contributed by atoms with Crippen LogP contribution < -0.4 is 19.7 Å². The molecule has 178 valence electrons. The SMILES string of the molecule is CC(C)c1cccc(C(C)C)c1NCc1ccccc1OP1Oc2ccccc2-c2ccccc21. The zero-order valence-electron chi connectivity index (χ0n) is 20.8. The van der Waals surface area contributed by atoms with Crippen LogP contribution in [0.3, 0.4) is 0 Å². The summed E-state index contributed by atoms with van der Waals surface area (Å²) in [7, 11) is -1.29. The van der Waals surface area contributed by atoms with Gasteiger partial charge in [-0.1, -0.05) is 100 Å². The smallest absolute Gasteiger partial charge is 0.326 e. The van der Waals surface area contributed by atoms with E-state index in [9.17, 15) is 0 Å². The van der Waals surface area contributed by atoms with Crippen molar-refractivity contribution in [3.63, 3.8) is 0 Å². The van der Waals surface area contributed by atoms with Gasteiger partial charge in [0.15, 0.2) is 0 Å². The van der Waals surface area contributed by atoms with Gasteiger partial charge in [0, 0.05) is 23.4 Å². The third-order valence-electron chi connectivity index (χ3n) is 6.44. The summed E-state index contributed by atoms with van der Waals surface area (Å²) in [6.45, 7) is 9.68. The van der Waals surface area contributed by atoms with E-state index in [1.54, 1.807) is 0 Å². The lowest BCUT2D eigenvalue weighted by molar-refractivity contribution is 0.497. The van der Waals surface area contributed by atoms with Crippen molar-refractivity contribution in [3.8, 4) is 22.6 Å². The first kappa shape index (κ1) is 23.5. The van der Waals surface area contributed by atoms with Crippen molar-refractivity contribution < 1.29 is 9.05 Å². The number of nitrogens with one attached hydrogen (secondary N) is 1. The second-order valence-corrected chi connectivity index (χ2v) is 10.9. The van der Waals surface area contributed by atoms with Gasteiger partial charge in [-0.05, 0) is 46.7 Å².